The zero-order chi connectivity index (χ0) is 10.4. The van der Waals surface area contributed by atoms with E-state index in [9.17, 15) is 0 Å². The van der Waals surface area contributed by atoms with Gasteiger partial charge >= 0.3 is 0 Å². The van der Waals surface area contributed by atoms with E-state index < -0.39 is 0 Å². The molecule has 0 heterocycles. The molecule has 0 bridgehead atoms. The van der Waals surface area contributed by atoms with Crippen LogP contribution >= 0.6 is 22.6 Å². The Balaban J connectivity index is 2.47. The second kappa shape index (κ2) is 6.40. The molecule has 1 aromatic rings. The topological polar surface area (TPSA) is 26.0 Å². The summed E-state index contributed by atoms with van der Waals surface area (Å²) in [6, 6.07) is 8.70. The van der Waals surface area contributed by atoms with E-state index in [0.717, 1.165) is 6.42 Å². The summed E-state index contributed by atoms with van der Waals surface area (Å²) in [5.41, 5.74) is 7.37. The van der Waals surface area contributed by atoms with Crippen LogP contribution in [0.2, 0.25) is 0 Å². The second-order valence-electron chi connectivity index (χ2n) is 3.66. The summed E-state index contributed by atoms with van der Waals surface area (Å²) in [5.74, 6) is 0. The average molecular weight is 303 g/mol. The van der Waals surface area contributed by atoms with E-state index in [2.05, 4.69) is 53.8 Å². The predicted molar refractivity (Wildman–Crippen MR) is 70.2 cm³/mol. The molecule has 1 atom stereocenters. The SMILES string of the molecule is CCCCC[C@@H](N)c1cccc(I)c1. The molecule has 14 heavy (non-hydrogen) atoms. The third-order valence-electron chi connectivity index (χ3n) is 2.40. The Morgan fingerprint density at radius 2 is 2.14 bits per heavy atom. The van der Waals surface area contributed by atoms with Crippen LogP contribution in [0.3, 0.4) is 0 Å². The van der Waals surface area contributed by atoms with E-state index in [4.69, 9.17) is 5.73 Å². The van der Waals surface area contributed by atoms with Crippen molar-refractivity contribution in [3.05, 3.63) is 33.4 Å². The Morgan fingerprint density at radius 1 is 1.36 bits per heavy atom. The molecule has 0 unspecified atom stereocenters. The predicted octanol–water partition coefficient (Wildman–Crippen LogP) is 3.87. The van der Waals surface area contributed by atoms with Crippen LogP contribution < -0.4 is 5.73 Å². The molecule has 0 spiro atoms. The fraction of sp³-hybridized carbons (Fsp3) is 0.500. The van der Waals surface area contributed by atoms with E-state index in [1.807, 2.05) is 0 Å². The molecule has 0 saturated carbocycles. The van der Waals surface area contributed by atoms with E-state index in [1.54, 1.807) is 0 Å². The Labute approximate surface area is 100 Å². The van der Waals surface area contributed by atoms with Gasteiger partial charge in [-0.3, -0.25) is 0 Å². The van der Waals surface area contributed by atoms with Gasteiger partial charge in [0.05, 0.1) is 0 Å². The van der Waals surface area contributed by atoms with Gasteiger partial charge in [0.25, 0.3) is 0 Å². The number of hydrogen-bond donors (Lipinski definition) is 1. The highest BCUT2D eigenvalue weighted by Gasteiger charge is 2.04. The average Bonchev–Trinajstić information content (AvgIpc) is 2.18. The minimum atomic E-state index is 0.219. The quantitative estimate of drug-likeness (QED) is 0.648. The first-order chi connectivity index (χ1) is 6.74. The Kier molecular flexibility index (Phi) is 5.48. The van der Waals surface area contributed by atoms with Gasteiger partial charge in [-0.25, -0.2) is 0 Å². The molecule has 0 radical (unpaired) electrons. The highest BCUT2D eigenvalue weighted by molar-refractivity contribution is 14.1. The molecule has 2 heteroatoms. The van der Waals surface area contributed by atoms with Crippen LogP contribution in [0.4, 0.5) is 0 Å². The van der Waals surface area contributed by atoms with Gasteiger partial charge in [0, 0.05) is 9.61 Å². The lowest BCUT2D eigenvalue weighted by Crippen LogP contribution is -2.10. The minimum Gasteiger partial charge on any atom is -0.324 e. The van der Waals surface area contributed by atoms with Crippen molar-refractivity contribution in [3.63, 3.8) is 0 Å². The summed E-state index contributed by atoms with van der Waals surface area (Å²) >= 11 is 2.33. The summed E-state index contributed by atoms with van der Waals surface area (Å²) in [6.45, 7) is 2.22. The second-order valence-corrected chi connectivity index (χ2v) is 4.90. The lowest BCUT2D eigenvalue weighted by Gasteiger charge is -2.11. The lowest BCUT2D eigenvalue weighted by molar-refractivity contribution is 0.581. The van der Waals surface area contributed by atoms with Crippen molar-refractivity contribution >= 4 is 22.6 Å². The van der Waals surface area contributed by atoms with Gasteiger partial charge in [-0.15, -0.1) is 0 Å². The largest absolute Gasteiger partial charge is 0.324 e. The van der Waals surface area contributed by atoms with E-state index in [1.165, 1.54) is 28.4 Å². The van der Waals surface area contributed by atoms with Crippen LogP contribution in [0.5, 0.6) is 0 Å². The van der Waals surface area contributed by atoms with E-state index in [0.29, 0.717) is 0 Å². The standard InChI is InChI=1S/C12H18IN/c1-2-3-4-8-12(14)10-6-5-7-11(13)9-10/h5-7,9,12H,2-4,8,14H2,1H3/t12-/m1/s1. The third-order valence-corrected chi connectivity index (χ3v) is 3.07. The summed E-state index contributed by atoms with van der Waals surface area (Å²) in [7, 11) is 0. The first-order valence-corrected chi connectivity index (χ1v) is 6.33. The maximum Gasteiger partial charge on any atom is 0.0295 e. The number of benzene rings is 1. The summed E-state index contributed by atoms with van der Waals surface area (Å²) in [4.78, 5) is 0. The molecule has 0 aliphatic rings. The van der Waals surface area contributed by atoms with Gasteiger partial charge < -0.3 is 5.73 Å². The molecule has 0 aliphatic carbocycles. The zero-order valence-electron chi connectivity index (χ0n) is 8.67. The zero-order valence-corrected chi connectivity index (χ0v) is 10.8. The van der Waals surface area contributed by atoms with Crippen molar-refractivity contribution in [1.82, 2.24) is 0 Å². The fourth-order valence-electron chi connectivity index (χ4n) is 1.52. The Bertz CT molecular complexity index is 273. The van der Waals surface area contributed by atoms with E-state index >= 15 is 0 Å². The molecule has 0 aromatic heterocycles. The highest BCUT2D eigenvalue weighted by Crippen LogP contribution is 2.19. The first kappa shape index (κ1) is 12.0. The van der Waals surface area contributed by atoms with Crippen molar-refractivity contribution < 1.29 is 0 Å². The molecule has 78 valence electrons. The molecule has 0 amide bonds. The monoisotopic (exact) mass is 303 g/mol. The molecule has 2 N–H and O–H groups in total. The molecule has 1 nitrogen and oxygen atoms in total. The minimum absolute atomic E-state index is 0.219. The highest BCUT2D eigenvalue weighted by atomic mass is 127. The number of halogens is 1. The molecule has 1 aromatic carbocycles. The van der Waals surface area contributed by atoms with Gasteiger partial charge in [-0.2, -0.15) is 0 Å². The molecular formula is C12H18IN. The smallest absolute Gasteiger partial charge is 0.0295 e. The maximum atomic E-state index is 6.10. The fourth-order valence-corrected chi connectivity index (χ4v) is 2.09. The van der Waals surface area contributed by atoms with Crippen LogP contribution in [0.1, 0.15) is 44.2 Å². The van der Waals surface area contributed by atoms with Gasteiger partial charge in [0.15, 0.2) is 0 Å². The summed E-state index contributed by atoms with van der Waals surface area (Å²) in [6.07, 6.45) is 4.90. The van der Waals surface area contributed by atoms with Gasteiger partial charge in [0.1, 0.15) is 0 Å². The van der Waals surface area contributed by atoms with Gasteiger partial charge in [-0.05, 0) is 46.7 Å². The normalized spacial score (nSPS) is 12.8. The van der Waals surface area contributed by atoms with Crippen molar-refractivity contribution in [2.45, 2.75) is 38.6 Å². The summed E-state index contributed by atoms with van der Waals surface area (Å²) in [5, 5.41) is 0. The Hall–Kier alpha value is -0.0900. The molecule has 0 fully saturated rings. The van der Waals surface area contributed by atoms with Crippen molar-refractivity contribution in [1.29, 1.82) is 0 Å². The molecular weight excluding hydrogens is 285 g/mol. The lowest BCUT2D eigenvalue weighted by atomic mass is 10.0. The number of nitrogens with two attached hydrogens (primary N) is 1. The molecule has 0 aliphatic heterocycles. The van der Waals surface area contributed by atoms with Crippen LogP contribution in [0.25, 0.3) is 0 Å². The first-order valence-electron chi connectivity index (χ1n) is 5.25. The van der Waals surface area contributed by atoms with Crippen molar-refractivity contribution in [2.75, 3.05) is 0 Å². The van der Waals surface area contributed by atoms with Crippen LogP contribution in [0.15, 0.2) is 24.3 Å². The van der Waals surface area contributed by atoms with Gasteiger partial charge in [0.2, 0.25) is 0 Å². The molecule has 1 rings (SSSR count). The maximum absolute atomic E-state index is 6.10. The van der Waals surface area contributed by atoms with Crippen LogP contribution in [0, 0.1) is 3.57 Å². The number of unbranched alkanes of at least 4 members (excludes halogenated alkanes) is 2. The summed E-state index contributed by atoms with van der Waals surface area (Å²) < 4.78 is 1.27. The van der Waals surface area contributed by atoms with Crippen molar-refractivity contribution in [2.24, 2.45) is 5.73 Å². The van der Waals surface area contributed by atoms with Gasteiger partial charge in [-0.1, -0.05) is 38.3 Å². The molecule has 0 saturated heterocycles. The van der Waals surface area contributed by atoms with Crippen LogP contribution in [-0.2, 0) is 0 Å². The van der Waals surface area contributed by atoms with Crippen molar-refractivity contribution in [3.8, 4) is 0 Å². The number of hydrogen-bond acceptors (Lipinski definition) is 1. The Morgan fingerprint density at radius 3 is 2.79 bits per heavy atom. The van der Waals surface area contributed by atoms with Crippen LogP contribution in [-0.4, -0.2) is 0 Å². The number of rotatable bonds is 5. The third kappa shape index (κ3) is 3.96. The van der Waals surface area contributed by atoms with E-state index in [-0.39, 0.29) is 6.04 Å².